The minimum Gasteiger partial charge on any atom is -0.493 e. The molecule has 0 fully saturated rings. The number of amides is 1. The summed E-state index contributed by atoms with van der Waals surface area (Å²) in [7, 11) is 0. The summed E-state index contributed by atoms with van der Waals surface area (Å²) in [6, 6.07) is 19.5. The van der Waals surface area contributed by atoms with Gasteiger partial charge in [-0.25, -0.2) is 0 Å². The summed E-state index contributed by atoms with van der Waals surface area (Å²) in [4.78, 5) is 26.0. The van der Waals surface area contributed by atoms with Crippen LogP contribution in [0.1, 0.15) is 22.3 Å². The Bertz CT molecular complexity index is 1000. The molecule has 0 atom stereocenters. The lowest BCUT2D eigenvalue weighted by molar-refractivity contribution is -0.114. The molecule has 1 amide bonds. The molecule has 0 N–H and O–H groups in total. The first kappa shape index (κ1) is 16.3. The number of hydrogen-bond acceptors (Lipinski definition) is 3. The lowest BCUT2D eigenvalue weighted by Crippen LogP contribution is -2.31. The Morgan fingerprint density at radius 2 is 1.69 bits per heavy atom. The molecule has 130 valence electrons. The van der Waals surface area contributed by atoms with Crippen molar-refractivity contribution in [2.45, 2.75) is 13.3 Å². The third-order valence-corrected chi connectivity index (χ3v) is 4.72. The molecule has 3 aromatic carbocycles. The van der Waals surface area contributed by atoms with Crippen molar-refractivity contribution in [1.29, 1.82) is 0 Å². The predicted molar refractivity (Wildman–Crippen MR) is 102 cm³/mol. The topological polar surface area (TPSA) is 46.6 Å². The molecule has 0 aliphatic carbocycles. The van der Waals surface area contributed by atoms with E-state index in [0.717, 1.165) is 27.8 Å². The number of ketones is 1. The SMILES string of the molecule is Cc1cccc2c1N(CCCOc1cccc3ccccc13)C(=O)C2=O. The minimum atomic E-state index is -0.445. The Kier molecular flexibility index (Phi) is 4.17. The molecule has 0 saturated carbocycles. The molecule has 0 bridgehead atoms. The number of rotatable bonds is 5. The molecule has 0 radical (unpaired) electrons. The standard InChI is InChI=1S/C22H19NO3/c1-15-7-4-11-18-20(15)23(22(25)21(18)24)13-6-14-26-19-12-5-9-16-8-2-3-10-17(16)19/h2-5,7-12H,6,13-14H2,1H3. The van der Waals surface area contributed by atoms with Gasteiger partial charge in [-0.3, -0.25) is 9.59 Å². The van der Waals surface area contributed by atoms with E-state index in [0.29, 0.717) is 25.1 Å². The number of ether oxygens (including phenoxy) is 1. The van der Waals surface area contributed by atoms with Gasteiger partial charge in [0.25, 0.3) is 11.7 Å². The second-order valence-corrected chi connectivity index (χ2v) is 6.44. The van der Waals surface area contributed by atoms with Gasteiger partial charge < -0.3 is 9.64 Å². The normalized spacial score (nSPS) is 13.3. The first-order valence-corrected chi connectivity index (χ1v) is 8.73. The van der Waals surface area contributed by atoms with Gasteiger partial charge in [0.2, 0.25) is 0 Å². The van der Waals surface area contributed by atoms with Crippen molar-refractivity contribution in [2.75, 3.05) is 18.1 Å². The maximum absolute atomic E-state index is 12.3. The Labute approximate surface area is 152 Å². The number of nitrogens with zero attached hydrogens (tertiary/aromatic N) is 1. The summed E-state index contributed by atoms with van der Waals surface area (Å²) >= 11 is 0. The maximum Gasteiger partial charge on any atom is 0.299 e. The molecule has 1 aliphatic rings. The Morgan fingerprint density at radius 3 is 2.58 bits per heavy atom. The fourth-order valence-electron chi connectivity index (χ4n) is 3.48. The van der Waals surface area contributed by atoms with Crippen molar-refractivity contribution in [1.82, 2.24) is 0 Å². The summed E-state index contributed by atoms with van der Waals surface area (Å²) in [6.07, 6.45) is 0.649. The molecule has 4 heteroatoms. The molecule has 0 unspecified atom stereocenters. The summed E-state index contributed by atoms with van der Waals surface area (Å²) in [5, 5.41) is 2.21. The lowest BCUT2D eigenvalue weighted by Gasteiger charge is -2.18. The average molecular weight is 345 g/mol. The van der Waals surface area contributed by atoms with E-state index in [2.05, 4.69) is 12.1 Å². The van der Waals surface area contributed by atoms with Gasteiger partial charge in [-0.05, 0) is 36.4 Å². The van der Waals surface area contributed by atoms with Crippen molar-refractivity contribution in [3.05, 3.63) is 71.8 Å². The molecule has 0 saturated heterocycles. The smallest absolute Gasteiger partial charge is 0.299 e. The molecule has 3 aromatic rings. The van der Waals surface area contributed by atoms with Gasteiger partial charge in [0.1, 0.15) is 5.75 Å². The van der Waals surface area contributed by atoms with E-state index in [1.807, 2.05) is 49.4 Å². The van der Waals surface area contributed by atoms with Crippen LogP contribution in [0.2, 0.25) is 0 Å². The van der Waals surface area contributed by atoms with Gasteiger partial charge in [0.15, 0.2) is 0 Å². The Balaban J connectivity index is 1.44. The fourth-order valence-corrected chi connectivity index (χ4v) is 3.48. The van der Waals surface area contributed by atoms with E-state index < -0.39 is 11.7 Å². The maximum atomic E-state index is 12.3. The van der Waals surface area contributed by atoms with Crippen LogP contribution < -0.4 is 9.64 Å². The molecule has 4 nitrogen and oxygen atoms in total. The van der Waals surface area contributed by atoms with Crippen LogP contribution in [0, 0.1) is 6.92 Å². The molecular weight excluding hydrogens is 326 g/mol. The molecule has 0 aromatic heterocycles. The highest BCUT2D eigenvalue weighted by Crippen LogP contribution is 2.32. The van der Waals surface area contributed by atoms with Crippen LogP contribution >= 0.6 is 0 Å². The van der Waals surface area contributed by atoms with Crippen LogP contribution in [0.3, 0.4) is 0 Å². The van der Waals surface area contributed by atoms with Gasteiger partial charge in [-0.1, -0.05) is 48.5 Å². The summed E-state index contributed by atoms with van der Waals surface area (Å²) in [6.45, 7) is 2.87. The number of carbonyl (C=O) groups excluding carboxylic acids is 2. The van der Waals surface area contributed by atoms with Crippen molar-refractivity contribution in [3.63, 3.8) is 0 Å². The van der Waals surface area contributed by atoms with E-state index >= 15 is 0 Å². The minimum absolute atomic E-state index is 0.418. The zero-order valence-electron chi connectivity index (χ0n) is 14.6. The van der Waals surface area contributed by atoms with E-state index in [4.69, 9.17) is 4.74 Å². The van der Waals surface area contributed by atoms with Crippen LogP contribution in [-0.2, 0) is 4.79 Å². The fraction of sp³-hybridized carbons (Fsp3) is 0.182. The molecule has 26 heavy (non-hydrogen) atoms. The summed E-state index contributed by atoms with van der Waals surface area (Å²) in [5.74, 6) is -0.0263. The first-order chi connectivity index (χ1) is 12.7. The van der Waals surface area contributed by atoms with Crippen LogP contribution in [0.25, 0.3) is 10.8 Å². The van der Waals surface area contributed by atoms with Gasteiger partial charge in [-0.15, -0.1) is 0 Å². The van der Waals surface area contributed by atoms with Gasteiger partial charge in [0, 0.05) is 11.9 Å². The van der Waals surface area contributed by atoms with Crippen LogP contribution in [-0.4, -0.2) is 24.8 Å². The molecule has 1 aliphatic heterocycles. The quantitative estimate of drug-likeness (QED) is 0.516. The number of Topliss-reactive ketones (excluding diaryl/α,β-unsaturated/α-hetero) is 1. The Hall–Kier alpha value is -3.14. The predicted octanol–water partition coefficient (Wildman–Crippen LogP) is 4.15. The third-order valence-electron chi connectivity index (χ3n) is 4.72. The van der Waals surface area contributed by atoms with E-state index in [9.17, 15) is 9.59 Å². The van der Waals surface area contributed by atoms with Crippen molar-refractivity contribution >= 4 is 28.2 Å². The zero-order chi connectivity index (χ0) is 18.1. The van der Waals surface area contributed by atoms with E-state index in [1.54, 1.807) is 11.0 Å². The summed E-state index contributed by atoms with van der Waals surface area (Å²) < 4.78 is 5.94. The number of hydrogen-bond donors (Lipinski definition) is 0. The van der Waals surface area contributed by atoms with E-state index in [1.165, 1.54) is 0 Å². The molecule has 4 rings (SSSR count). The van der Waals surface area contributed by atoms with Crippen LogP contribution in [0.15, 0.2) is 60.7 Å². The number of fused-ring (bicyclic) bond motifs is 2. The summed E-state index contributed by atoms with van der Waals surface area (Å²) in [5.41, 5.74) is 2.19. The largest absolute Gasteiger partial charge is 0.493 e. The number of anilines is 1. The van der Waals surface area contributed by atoms with Gasteiger partial charge >= 0.3 is 0 Å². The number of para-hydroxylation sites is 1. The highest BCUT2D eigenvalue weighted by atomic mass is 16.5. The van der Waals surface area contributed by atoms with E-state index in [-0.39, 0.29) is 0 Å². The van der Waals surface area contributed by atoms with Crippen LogP contribution in [0.5, 0.6) is 5.75 Å². The highest BCUT2D eigenvalue weighted by molar-refractivity contribution is 6.52. The molecule has 1 heterocycles. The van der Waals surface area contributed by atoms with Crippen molar-refractivity contribution in [3.8, 4) is 5.75 Å². The average Bonchev–Trinajstić information content (AvgIpc) is 2.91. The molecular formula is C22H19NO3. The number of carbonyl (C=O) groups is 2. The second-order valence-electron chi connectivity index (χ2n) is 6.44. The number of aryl methyl sites for hydroxylation is 1. The Morgan fingerprint density at radius 1 is 0.923 bits per heavy atom. The highest BCUT2D eigenvalue weighted by Gasteiger charge is 2.36. The third kappa shape index (κ3) is 2.73. The van der Waals surface area contributed by atoms with Crippen molar-refractivity contribution in [2.24, 2.45) is 0 Å². The zero-order valence-corrected chi connectivity index (χ0v) is 14.6. The second kappa shape index (κ2) is 6.64. The van der Waals surface area contributed by atoms with Gasteiger partial charge in [0.05, 0.1) is 17.9 Å². The lowest BCUT2D eigenvalue weighted by atomic mass is 10.1. The van der Waals surface area contributed by atoms with Gasteiger partial charge in [-0.2, -0.15) is 0 Å². The molecule has 0 spiro atoms. The van der Waals surface area contributed by atoms with Crippen LogP contribution in [0.4, 0.5) is 5.69 Å². The van der Waals surface area contributed by atoms with Crippen molar-refractivity contribution < 1.29 is 14.3 Å². The first-order valence-electron chi connectivity index (χ1n) is 8.73. The number of benzene rings is 3. The monoisotopic (exact) mass is 345 g/mol.